The van der Waals surface area contributed by atoms with Gasteiger partial charge in [-0.3, -0.25) is 4.99 Å². The highest BCUT2D eigenvalue weighted by Crippen LogP contribution is 2.14. The van der Waals surface area contributed by atoms with Crippen molar-refractivity contribution in [2.24, 2.45) is 4.99 Å². The van der Waals surface area contributed by atoms with E-state index in [2.05, 4.69) is 52.0 Å². The molecule has 2 heterocycles. The molecule has 0 aliphatic carbocycles. The van der Waals surface area contributed by atoms with E-state index in [1.807, 2.05) is 11.3 Å². The fraction of sp³-hybridized carbons (Fsp3) is 0.467. The van der Waals surface area contributed by atoms with E-state index in [-0.39, 0.29) is 0 Å². The van der Waals surface area contributed by atoms with Crippen LogP contribution in [0.15, 0.2) is 22.5 Å². The molecule has 0 aliphatic rings. The molecule has 2 N–H and O–H groups in total. The van der Waals surface area contributed by atoms with E-state index >= 15 is 0 Å². The first-order chi connectivity index (χ1) is 10.2. The molecule has 0 aromatic carbocycles. The van der Waals surface area contributed by atoms with Gasteiger partial charge >= 0.3 is 0 Å². The lowest BCUT2D eigenvalue weighted by atomic mass is 10.3. The Bertz CT molecular complexity index is 586. The van der Waals surface area contributed by atoms with Gasteiger partial charge in [0.2, 0.25) is 0 Å². The first-order valence-corrected chi connectivity index (χ1v) is 8.84. The maximum Gasteiger partial charge on any atom is 0.191 e. The van der Waals surface area contributed by atoms with Gasteiger partial charge in [0, 0.05) is 35.1 Å². The van der Waals surface area contributed by atoms with Crippen LogP contribution in [0.4, 0.5) is 0 Å². The molecule has 0 saturated carbocycles. The molecular weight excluding hydrogens is 300 g/mol. The monoisotopic (exact) mass is 322 g/mol. The Balaban J connectivity index is 1.72. The van der Waals surface area contributed by atoms with Crippen LogP contribution in [0.1, 0.15) is 27.4 Å². The third kappa shape index (κ3) is 5.13. The average molecular weight is 323 g/mol. The molecule has 2 aromatic rings. The van der Waals surface area contributed by atoms with Gasteiger partial charge in [0.25, 0.3) is 0 Å². The smallest absolute Gasteiger partial charge is 0.191 e. The minimum absolute atomic E-state index is 0.814. The van der Waals surface area contributed by atoms with E-state index in [0.29, 0.717) is 0 Å². The molecule has 6 heteroatoms. The lowest BCUT2D eigenvalue weighted by Crippen LogP contribution is -2.37. The Hall–Kier alpha value is -1.40. The number of thiazole rings is 1. The van der Waals surface area contributed by atoms with Gasteiger partial charge in [-0.2, -0.15) is 0 Å². The second-order valence-electron chi connectivity index (χ2n) is 4.70. The van der Waals surface area contributed by atoms with Crippen LogP contribution in [0.25, 0.3) is 0 Å². The minimum Gasteiger partial charge on any atom is -0.356 e. The molecule has 114 valence electrons. The van der Waals surface area contributed by atoms with E-state index in [0.717, 1.165) is 37.6 Å². The van der Waals surface area contributed by atoms with E-state index in [9.17, 15) is 0 Å². The van der Waals surface area contributed by atoms with Crippen molar-refractivity contribution in [3.05, 3.63) is 38.0 Å². The third-order valence-corrected chi connectivity index (χ3v) is 5.07. The summed E-state index contributed by atoms with van der Waals surface area (Å²) in [6.45, 7) is 5.92. The molecule has 2 aromatic heterocycles. The summed E-state index contributed by atoms with van der Waals surface area (Å²) in [6.07, 6.45) is 1.94. The highest BCUT2D eigenvalue weighted by Gasteiger charge is 2.02. The number of aromatic nitrogens is 1. The van der Waals surface area contributed by atoms with E-state index in [1.54, 1.807) is 18.4 Å². The van der Waals surface area contributed by atoms with Gasteiger partial charge in [-0.25, -0.2) is 4.98 Å². The summed E-state index contributed by atoms with van der Waals surface area (Å²) in [5, 5.41) is 10.0. The van der Waals surface area contributed by atoms with Crippen molar-refractivity contribution in [3.63, 3.8) is 0 Å². The molecule has 0 aliphatic heterocycles. The minimum atomic E-state index is 0.814. The standard InChI is InChI=1S/C15H22N4S2/c1-4-14-19-12(10-20-14)7-8-17-15(16-3)18-9-13-6-5-11(2)21-13/h5-6,10H,4,7-9H2,1-3H3,(H2,16,17,18). The summed E-state index contributed by atoms with van der Waals surface area (Å²) >= 11 is 3.55. The number of nitrogens with zero attached hydrogens (tertiary/aromatic N) is 2. The van der Waals surface area contributed by atoms with Gasteiger partial charge in [-0.15, -0.1) is 22.7 Å². The number of thiophene rings is 1. The fourth-order valence-corrected chi connectivity index (χ4v) is 3.52. The number of nitrogens with one attached hydrogen (secondary N) is 2. The maximum absolute atomic E-state index is 4.57. The molecule has 0 amide bonds. The van der Waals surface area contributed by atoms with Crippen LogP contribution < -0.4 is 10.6 Å². The first kappa shape index (κ1) is 16.0. The van der Waals surface area contributed by atoms with Gasteiger partial charge in [-0.05, 0) is 25.5 Å². The first-order valence-electron chi connectivity index (χ1n) is 7.14. The van der Waals surface area contributed by atoms with Crippen molar-refractivity contribution in [1.29, 1.82) is 0 Å². The SMILES string of the molecule is CCc1nc(CCNC(=NC)NCc2ccc(C)s2)cs1. The Morgan fingerprint density at radius 1 is 1.33 bits per heavy atom. The average Bonchev–Trinajstić information content (AvgIpc) is 3.11. The zero-order valence-electron chi connectivity index (χ0n) is 12.8. The van der Waals surface area contributed by atoms with Gasteiger partial charge in [0.1, 0.15) is 0 Å². The van der Waals surface area contributed by atoms with Crippen LogP contribution in [0.5, 0.6) is 0 Å². The van der Waals surface area contributed by atoms with Crippen LogP contribution in [0.3, 0.4) is 0 Å². The zero-order valence-corrected chi connectivity index (χ0v) is 14.4. The van der Waals surface area contributed by atoms with Gasteiger partial charge in [0.05, 0.1) is 17.2 Å². The Kier molecular flexibility index (Phi) is 6.20. The molecule has 0 radical (unpaired) electrons. The topological polar surface area (TPSA) is 49.3 Å². The molecule has 0 spiro atoms. The highest BCUT2D eigenvalue weighted by atomic mass is 32.1. The summed E-state index contributed by atoms with van der Waals surface area (Å²) in [4.78, 5) is 11.5. The van der Waals surface area contributed by atoms with Crippen molar-refractivity contribution >= 4 is 28.6 Å². The van der Waals surface area contributed by atoms with Gasteiger partial charge in [-0.1, -0.05) is 6.92 Å². The molecule has 4 nitrogen and oxygen atoms in total. The summed E-state index contributed by atoms with van der Waals surface area (Å²) in [6, 6.07) is 4.30. The van der Waals surface area contributed by atoms with Crippen LogP contribution in [0.2, 0.25) is 0 Å². The molecule has 0 atom stereocenters. The van der Waals surface area contributed by atoms with Crippen molar-refractivity contribution < 1.29 is 0 Å². The Labute approximate surface area is 134 Å². The quantitative estimate of drug-likeness (QED) is 0.635. The summed E-state index contributed by atoms with van der Waals surface area (Å²) in [5.41, 5.74) is 1.16. The predicted molar refractivity (Wildman–Crippen MR) is 92.5 cm³/mol. The predicted octanol–water partition coefficient (Wildman–Crippen LogP) is 2.98. The molecule has 0 saturated heterocycles. The summed E-state index contributed by atoms with van der Waals surface area (Å²) in [5.74, 6) is 0.840. The molecular formula is C15H22N4S2. The molecule has 0 unspecified atom stereocenters. The fourth-order valence-electron chi connectivity index (χ4n) is 1.91. The maximum atomic E-state index is 4.57. The number of hydrogen-bond donors (Lipinski definition) is 2. The van der Waals surface area contributed by atoms with E-state index in [1.165, 1.54) is 14.8 Å². The summed E-state index contributed by atoms with van der Waals surface area (Å²) < 4.78 is 0. The normalized spacial score (nSPS) is 11.7. The number of guanidine groups is 1. The molecule has 0 bridgehead atoms. The molecule has 2 rings (SSSR count). The summed E-state index contributed by atoms with van der Waals surface area (Å²) in [7, 11) is 1.80. The second kappa shape index (κ2) is 8.14. The molecule has 21 heavy (non-hydrogen) atoms. The van der Waals surface area contributed by atoms with Crippen molar-refractivity contribution in [2.45, 2.75) is 33.2 Å². The lowest BCUT2D eigenvalue weighted by molar-refractivity contribution is 0.788. The second-order valence-corrected chi connectivity index (χ2v) is 7.02. The van der Waals surface area contributed by atoms with E-state index in [4.69, 9.17) is 0 Å². The van der Waals surface area contributed by atoms with Crippen LogP contribution in [-0.4, -0.2) is 24.5 Å². The van der Waals surface area contributed by atoms with Crippen LogP contribution in [-0.2, 0) is 19.4 Å². The van der Waals surface area contributed by atoms with E-state index < -0.39 is 0 Å². The number of aryl methyl sites for hydroxylation is 2. The van der Waals surface area contributed by atoms with Crippen LogP contribution >= 0.6 is 22.7 Å². The van der Waals surface area contributed by atoms with Crippen molar-refractivity contribution in [1.82, 2.24) is 15.6 Å². The van der Waals surface area contributed by atoms with Crippen molar-refractivity contribution in [3.8, 4) is 0 Å². The molecule has 0 fully saturated rings. The van der Waals surface area contributed by atoms with Gasteiger partial charge in [0.15, 0.2) is 5.96 Å². The number of aliphatic imine (C=N–C) groups is 1. The van der Waals surface area contributed by atoms with Crippen molar-refractivity contribution in [2.75, 3.05) is 13.6 Å². The Morgan fingerprint density at radius 2 is 2.19 bits per heavy atom. The highest BCUT2D eigenvalue weighted by molar-refractivity contribution is 7.11. The number of hydrogen-bond acceptors (Lipinski definition) is 4. The lowest BCUT2D eigenvalue weighted by Gasteiger charge is -2.10. The van der Waals surface area contributed by atoms with Gasteiger partial charge < -0.3 is 10.6 Å². The largest absolute Gasteiger partial charge is 0.356 e. The zero-order chi connectivity index (χ0) is 15.1. The van der Waals surface area contributed by atoms with Crippen LogP contribution in [0, 0.1) is 6.92 Å². The number of rotatable bonds is 6. The Morgan fingerprint density at radius 3 is 2.81 bits per heavy atom. The third-order valence-electron chi connectivity index (χ3n) is 3.03.